The van der Waals surface area contributed by atoms with E-state index < -0.39 is 0 Å². The molecule has 0 amide bonds. The van der Waals surface area contributed by atoms with Gasteiger partial charge in [0, 0.05) is 5.02 Å². The van der Waals surface area contributed by atoms with Crippen molar-refractivity contribution >= 4 is 11.6 Å². The predicted octanol–water partition coefficient (Wildman–Crippen LogP) is 4.69. The van der Waals surface area contributed by atoms with E-state index in [4.69, 9.17) is 16.3 Å². The Morgan fingerprint density at radius 2 is 1.60 bits per heavy atom. The van der Waals surface area contributed by atoms with Crippen LogP contribution in [0.1, 0.15) is 39.5 Å². The molecular formula is C13H19ClO. The van der Waals surface area contributed by atoms with E-state index in [1.165, 1.54) is 0 Å². The van der Waals surface area contributed by atoms with Crippen LogP contribution in [0.5, 0.6) is 5.75 Å². The third kappa shape index (κ3) is 4.57. The largest absolute Gasteiger partial charge is 0.490 e. The van der Waals surface area contributed by atoms with Crippen molar-refractivity contribution in [1.82, 2.24) is 0 Å². The molecule has 15 heavy (non-hydrogen) atoms. The van der Waals surface area contributed by atoms with Crippen molar-refractivity contribution < 1.29 is 4.74 Å². The van der Waals surface area contributed by atoms with Crippen LogP contribution in [-0.2, 0) is 0 Å². The summed E-state index contributed by atoms with van der Waals surface area (Å²) in [5.74, 6) is 0.923. The van der Waals surface area contributed by atoms with E-state index in [9.17, 15) is 0 Å². The van der Waals surface area contributed by atoms with Crippen molar-refractivity contribution in [1.29, 1.82) is 0 Å². The van der Waals surface area contributed by atoms with Crippen molar-refractivity contribution in [3.63, 3.8) is 0 Å². The normalized spacial score (nSPS) is 10.7. The maximum Gasteiger partial charge on any atom is 0.119 e. The summed E-state index contributed by atoms with van der Waals surface area (Å²) in [5.41, 5.74) is 0. The number of benzene rings is 1. The van der Waals surface area contributed by atoms with Gasteiger partial charge >= 0.3 is 0 Å². The maximum absolute atomic E-state index is 5.89. The average molecular weight is 227 g/mol. The van der Waals surface area contributed by atoms with E-state index in [-0.39, 0.29) is 0 Å². The van der Waals surface area contributed by atoms with Gasteiger partial charge in [0.25, 0.3) is 0 Å². The molecule has 0 fully saturated rings. The summed E-state index contributed by atoms with van der Waals surface area (Å²) in [6, 6.07) is 7.60. The minimum Gasteiger partial charge on any atom is -0.490 e. The first kappa shape index (κ1) is 12.4. The summed E-state index contributed by atoms with van der Waals surface area (Å²) < 4.78 is 5.89. The molecule has 0 bridgehead atoms. The zero-order valence-electron chi connectivity index (χ0n) is 9.50. The van der Waals surface area contributed by atoms with Gasteiger partial charge < -0.3 is 4.74 Å². The van der Waals surface area contributed by atoms with Crippen molar-refractivity contribution in [2.75, 3.05) is 0 Å². The molecule has 0 radical (unpaired) electrons. The van der Waals surface area contributed by atoms with Gasteiger partial charge in [0.1, 0.15) is 5.75 Å². The molecular weight excluding hydrogens is 208 g/mol. The summed E-state index contributed by atoms with van der Waals surface area (Å²) in [4.78, 5) is 0. The molecule has 0 unspecified atom stereocenters. The van der Waals surface area contributed by atoms with E-state index in [0.29, 0.717) is 6.10 Å². The van der Waals surface area contributed by atoms with Crippen LogP contribution in [0.3, 0.4) is 0 Å². The molecule has 0 heterocycles. The Balaban J connectivity index is 2.53. The minimum atomic E-state index is 0.348. The molecule has 84 valence electrons. The van der Waals surface area contributed by atoms with E-state index in [0.717, 1.165) is 36.5 Å². The summed E-state index contributed by atoms with van der Waals surface area (Å²) in [6.07, 6.45) is 4.92. The Morgan fingerprint density at radius 3 is 2.07 bits per heavy atom. The lowest BCUT2D eigenvalue weighted by molar-refractivity contribution is 0.179. The van der Waals surface area contributed by atoms with Crippen LogP contribution in [-0.4, -0.2) is 6.10 Å². The number of halogens is 1. The molecule has 0 aliphatic rings. The molecule has 1 aromatic rings. The molecule has 1 nitrogen and oxygen atoms in total. The maximum atomic E-state index is 5.89. The molecule has 0 spiro atoms. The second-order valence-electron chi connectivity index (χ2n) is 3.77. The molecule has 0 atom stereocenters. The van der Waals surface area contributed by atoms with Gasteiger partial charge in [0.2, 0.25) is 0 Å². The summed E-state index contributed by atoms with van der Waals surface area (Å²) in [7, 11) is 0. The zero-order chi connectivity index (χ0) is 11.1. The van der Waals surface area contributed by atoms with Crippen LogP contribution >= 0.6 is 11.6 Å². The highest BCUT2D eigenvalue weighted by Gasteiger charge is 2.07. The Kier molecular flexibility index (Phi) is 5.56. The number of ether oxygens (including phenoxy) is 1. The lowest BCUT2D eigenvalue weighted by Gasteiger charge is -2.17. The van der Waals surface area contributed by atoms with Crippen molar-refractivity contribution in [3.05, 3.63) is 29.3 Å². The fraction of sp³-hybridized carbons (Fsp3) is 0.538. The number of rotatable bonds is 6. The van der Waals surface area contributed by atoms with Crippen LogP contribution in [0.4, 0.5) is 0 Å². The average Bonchev–Trinajstić information content (AvgIpc) is 2.22. The van der Waals surface area contributed by atoms with E-state index in [1.807, 2.05) is 24.3 Å². The van der Waals surface area contributed by atoms with Crippen molar-refractivity contribution in [2.45, 2.75) is 45.6 Å². The smallest absolute Gasteiger partial charge is 0.119 e. The minimum absolute atomic E-state index is 0.348. The van der Waals surface area contributed by atoms with Crippen LogP contribution < -0.4 is 4.74 Å². The lowest BCUT2D eigenvalue weighted by atomic mass is 10.1. The second kappa shape index (κ2) is 6.73. The van der Waals surface area contributed by atoms with Gasteiger partial charge in [-0.3, -0.25) is 0 Å². The molecule has 1 aromatic carbocycles. The highest BCUT2D eigenvalue weighted by molar-refractivity contribution is 6.30. The SMILES string of the molecule is CCCC(CCC)Oc1ccc(Cl)cc1. The number of hydrogen-bond donors (Lipinski definition) is 0. The van der Waals surface area contributed by atoms with Gasteiger partial charge in [-0.2, -0.15) is 0 Å². The molecule has 0 aromatic heterocycles. The summed E-state index contributed by atoms with van der Waals surface area (Å²) in [6.45, 7) is 4.38. The molecule has 0 saturated heterocycles. The topological polar surface area (TPSA) is 9.23 Å². The van der Waals surface area contributed by atoms with E-state index in [1.54, 1.807) is 0 Å². The van der Waals surface area contributed by atoms with Crippen LogP contribution in [0.25, 0.3) is 0 Å². The van der Waals surface area contributed by atoms with E-state index in [2.05, 4.69) is 13.8 Å². The van der Waals surface area contributed by atoms with Gasteiger partial charge in [-0.25, -0.2) is 0 Å². The lowest BCUT2D eigenvalue weighted by Crippen LogP contribution is -2.15. The first-order valence-corrected chi connectivity index (χ1v) is 6.06. The molecule has 0 aliphatic heterocycles. The molecule has 1 rings (SSSR count). The van der Waals surface area contributed by atoms with Crippen LogP contribution in [0, 0.1) is 0 Å². The third-order valence-corrected chi connectivity index (χ3v) is 2.59. The van der Waals surface area contributed by atoms with Gasteiger partial charge in [-0.05, 0) is 37.1 Å². The monoisotopic (exact) mass is 226 g/mol. The molecule has 0 aliphatic carbocycles. The van der Waals surface area contributed by atoms with Crippen LogP contribution in [0.2, 0.25) is 5.02 Å². The predicted molar refractivity (Wildman–Crippen MR) is 65.7 cm³/mol. The van der Waals surface area contributed by atoms with Crippen molar-refractivity contribution in [3.8, 4) is 5.75 Å². The highest BCUT2D eigenvalue weighted by Crippen LogP contribution is 2.19. The van der Waals surface area contributed by atoms with Gasteiger partial charge in [0.05, 0.1) is 6.10 Å². The fourth-order valence-electron chi connectivity index (χ4n) is 1.61. The quantitative estimate of drug-likeness (QED) is 0.684. The Hall–Kier alpha value is -0.690. The van der Waals surface area contributed by atoms with Gasteiger partial charge in [-0.15, -0.1) is 0 Å². The summed E-state index contributed by atoms with van der Waals surface area (Å²) >= 11 is 5.81. The second-order valence-corrected chi connectivity index (χ2v) is 4.21. The highest BCUT2D eigenvalue weighted by atomic mass is 35.5. The Bertz CT molecular complexity index is 262. The molecule has 2 heteroatoms. The van der Waals surface area contributed by atoms with Gasteiger partial charge in [0.15, 0.2) is 0 Å². The van der Waals surface area contributed by atoms with E-state index >= 15 is 0 Å². The molecule has 0 saturated carbocycles. The first-order chi connectivity index (χ1) is 7.26. The fourth-order valence-corrected chi connectivity index (χ4v) is 1.74. The number of hydrogen-bond acceptors (Lipinski definition) is 1. The van der Waals surface area contributed by atoms with Gasteiger partial charge in [-0.1, -0.05) is 38.3 Å². The summed E-state index contributed by atoms with van der Waals surface area (Å²) in [5, 5.41) is 0.755. The van der Waals surface area contributed by atoms with Crippen molar-refractivity contribution in [2.24, 2.45) is 0 Å². The standard InChI is InChI=1S/C13H19ClO/c1-3-5-12(6-4-2)15-13-9-7-11(14)8-10-13/h7-10,12H,3-6H2,1-2H3. The Labute approximate surface area is 97.4 Å². The Morgan fingerprint density at radius 1 is 1.07 bits per heavy atom. The third-order valence-electron chi connectivity index (χ3n) is 2.34. The first-order valence-electron chi connectivity index (χ1n) is 5.68. The van der Waals surface area contributed by atoms with Crippen LogP contribution in [0.15, 0.2) is 24.3 Å². The molecule has 0 N–H and O–H groups in total. The zero-order valence-corrected chi connectivity index (χ0v) is 10.3.